The molecule has 0 saturated heterocycles. The van der Waals surface area contributed by atoms with Gasteiger partial charge in [0.25, 0.3) is 0 Å². The zero-order valence-corrected chi connectivity index (χ0v) is 10.7. The first-order valence-corrected chi connectivity index (χ1v) is 4.82. The number of Topliss-reactive ketones (excluding diaryl/α,β-unsaturated/α-hetero) is 2. The molecule has 0 spiro atoms. The number of ketones is 2. The van der Waals surface area contributed by atoms with Crippen molar-refractivity contribution < 1.29 is 39.0 Å². The number of hydrogen-bond acceptors (Lipinski definition) is 3. The Bertz CT molecular complexity index is 343. The van der Waals surface area contributed by atoms with Gasteiger partial charge in [0, 0.05) is 12.2 Å². The number of carboxylic acids is 1. The Balaban J connectivity index is 0.000000288. The Labute approximate surface area is 113 Å². The summed E-state index contributed by atoms with van der Waals surface area (Å²) in [6, 6.07) is 0. The zero-order chi connectivity index (χ0) is 12.1. The topological polar surface area (TPSA) is 71.4 Å². The van der Waals surface area contributed by atoms with Gasteiger partial charge in [-0.05, 0) is 0 Å². The number of hydrogen-bond donors (Lipinski definition) is 1. The minimum Gasteiger partial charge on any atom is -0.475 e. The number of rotatable bonds is 3. The molecule has 2 bridgehead atoms. The van der Waals surface area contributed by atoms with Gasteiger partial charge in [-0.25, -0.2) is 4.79 Å². The molecular weight excluding hydrogens is 311 g/mol. The summed E-state index contributed by atoms with van der Waals surface area (Å²) in [5.41, 5.74) is 0. The van der Waals surface area contributed by atoms with Crippen molar-refractivity contribution in [3.8, 4) is 0 Å². The molecule has 0 aromatic heterocycles. The predicted octanol–water partition coefficient (Wildman–Crippen LogP) is 1.14. The molecule has 93 valence electrons. The number of carboxylic acid groups (broad SMARTS) is 1. The molecule has 0 atom stereocenters. The van der Waals surface area contributed by atoms with Gasteiger partial charge in [0.05, 0.1) is 0 Å². The second-order valence-corrected chi connectivity index (χ2v) is 3.60. The van der Waals surface area contributed by atoms with Gasteiger partial charge >= 0.3 is 25.4 Å². The summed E-state index contributed by atoms with van der Waals surface area (Å²) in [4.78, 5) is 29.8. The van der Waals surface area contributed by atoms with E-state index >= 15 is 0 Å². The van der Waals surface area contributed by atoms with Crippen molar-refractivity contribution in [2.75, 3.05) is 0 Å². The van der Waals surface area contributed by atoms with Crippen molar-refractivity contribution in [2.45, 2.75) is 12.8 Å². The van der Waals surface area contributed by atoms with Crippen LogP contribution in [0.1, 0.15) is 12.8 Å². The summed E-state index contributed by atoms with van der Waals surface area (Å²) in [5.74, 6) is -1.11. The van der Waals surface area contributed by atoms with E-state index in [0.29, 0.717) is 0 Å². The minimum atomic E-state index is -1.59. The quantitative estimate of drug-likeness (QED) is 0.366. The van der Waals surface area contributed by atoms with Crippen LogP contribution in [-0.2, 0) is 33.9 Å². The molecule has 0 aliphatic heterocycles. The second-order valence-electron chi connectivity index (χ2n) is 3.60. The summed E-state index contributed by atoms with van der Waals surface area (Å²) in [7, 11) is 0. The molecule has 0 fully saturated rings. The van der Waals surface area contributed by atoms with Gasteiger partial charge in [0.2, 0.25) is 5.78 Å². The van der Waals surface area contributed by atoms with Crippen LogP contribution in [0.5, 0.6) is 0 Å². The molecule has 0 amide bonds. The average molecular weight is 323 g/mol. The molecule has 1 N–H and O–H groups in total. The predicted molar refractivity (Wildman–Crippen MR) is 57.3 cm³/mol. The third kappa shape index (κ3) is 5.50. The molecular formula is C12H12O4Rh. The van der Waals surface area contributed by atoms with Crippen molar-refractivity contribution in [1.29, 1.82) is 0 Å². The molecule has 2 aliphatic rings. The summed E-state index contributed by atoms with van der Waals surface area (Å²) < 4.78 is 0. The third-order valence-electron chi connectivity index (χ3n) is 2.18. The standard InChI is InChI=1S/C7H7.C5H5O4.Rh/c1-2-7-4-3-6(1)5-7;1-3(6)2-4(7)5(8)9;/h1-4,6H,5H2;1-2H2,(H,8,9);/q2*-1;+2. The fraction of sp³-hybridized carbons (Fsp3) is 0.250. The molecule has 5 heteroatoms. The van der Waals surface area contributed by atoms with E-state index in [1.165, 1.54) is 12.3 Å². The maximum Gasteiger partial charge on any atom is 2.00 e. The zero-order valence-electron chi connectivity index (χ0n) is 9.01. The van der Waals surface area contributed by atoms with E-state index in [9.17, 15) is 14.4 Å². The first-order chi connectivity index (χ1) is 7.49. The molecule has 2 rings (SSSR count). The van der Waals surface area contributed by atoms with Crippen LogP contribution < -0.4 is 0 Å². The van der Waals surface area contributed by atoms with Crippen LogP contribution in [0, 0.1) is 18.8 Å². The molecule has 1 radical (unpaired) electrons. The maximum absolute atomic E-state index is 10.1. The number of fused-ring (bicyclic) bond motifs is 2. The van der Waals surface area contributed by atoms with E-state index in [0.717, 1.165) is 5.92 Å². The van der Waals surface area contributed by atoms with E-state index in [1.54, 1.807) is 0 Å². The van der Waals surface area contributed by atoms with E-state index in [4.69, 9.17) is 5.11 Å². The number of aliphatic carboxylic acids is 1. The fourth-order valence-electron chi connectivity index (χ4n) is 1.41. The average Bonchev–Trinajstić information content (AvgIpc) is 2.80. The van der Waals surface area contributed by atoms with Crippen molar-refractivity contribution >= 4 is 17.5 Å². The van der Waals surface area contributed by atoms with Crippen LogP contribution >= 0.6 is 0 Å². The normalized spacial score (nSPS) is 14.9. The van der Waals surface area contributed by atoms with Crippen LogP contribution in [0.25, 0.3) is 0 Å². The van der Waals surface area contributed by atoms with Crippen LogP contribution in [0.3, 0.4) is 0 Å². The monoisotopic (exact) mass is 323 g/mol. The molecule has 0 aromatic rings. The fourth-order valence-corrected chi connectivity index (χ4v) is 1.41. The number of carbonyl (C=O) groups is 3. The Morgan fingerprint density at radius 3 is 1.94 bits per heavy atom. The van der Waals surface area contributed by atoms with E-state index in [1.807, 2.05) is 0 Å². The molecule has 0 unspecified atom stereocenters. The first-order valence-electron chi connectivity index (χ1n) is 4.82. The van der Waals surface area contributed by atoms with Gasteiger partial charge in [-0.15, -0.1) is 5.92 Å². The van der Waals surface area contributed by atoms with Gasteiger partial charge in [-0.1, -0.05) is 6.42 Å². The van der Waals surface area contributed by atoms with Crippen LogP contribution in [0.2, 0.25) is 0 Å². The maximum atomic E-state index is 10.1. The minimum absolute atomic E-state index is 0. The summed E-state index contributed by atoms with van der Waals surface area (Å²) in [5, 5.41) is 7.90. The van der Waals surface area contributed by atoms with Crippen molar-refractivity contribution in [3.05, 3.63) is 37.1 Å². The molecule has 0 aromatic carbocycles. The summed E-state index contributed by atoms with van der Waals surface area (Å²) >= 11 is 0. The van der Waals surface area contributed by atoms with Gasteiger partial charge in [-0.2, -0.15) is 30.2 Å². The van der Waals surface area contributed by atoms with Crippen LogP contribution in [0.15, 0.2) is 24.3 Å². The van der Waals surface area contributed by atoms with Crippen molar-refractivity contribution in [2.24, 2.45) is 5.92 Å². The molecule has 0 heterocycles. The smallest absolute Gasteiger partial charge is 0.475 e. The number of carbonyl (C=O) groups excluding carboxylic acids is 2. The largest absolute Gasteiger partial charge is 2.00 e. The number of allylic oxidation sites excluding steroid dienone is 4. The van der Waals surface area contributed by atoms with E-state index in [2.05, 4.69) is 31.2 Å². The Morgan fingerprint density at radius 2 is 1.82 bits per heavy atom. The van der Waals surface area contributed by atoms with Crippen molar-refractivity contribution in [3.63, 3.8) is 0 Å². The molecule has 4 nitrogen and oxygen atoms in total. The van der Waals surface area contributed by atoms with Gasteiger partial charge in [0.1, 0.15) is 0 Å². The van der Waals surface area contributed by atoms with Crippen molar-refractivity contribution in [1.82, 2.24) is 0 Å². The first kappa shape index (κ1) is 15.7. The van der Waals surface area contributed by atoms with Gasteiger partial charge < -0.3 is 16.8 Å². The van der Waals surface area contributed by atoms with Gasteiger partial charge in [-0.3, -0.25) is 4.79 Å². The molecule has 0 saturated carbocycles. The molecule has 17 heavy (non-hydrogen) atoms. The molecule has 2 aliphatic carbocycles. The summed E-state index contributed by atoms with van der Waals surface area (Å²) in [6.45, 7) is 2.84. The Morgan fingerprint density at radius 1 is 1.29 bits per heavy atom. The SMILES string of the molecule is C1=CC2C=C[C-]1C2.[CH2-]C(=O)CC(=O)C(=O)O.[Rh+2]. The Hall–Kier alpha value is -1.35. The van der Waals surface area contributed by atoms with E-state index in [-0.39, 0.29) is 19.5 Å². The Kier molecular flexibility index (Phi) is 6.51. The van der Waals surface area contributed by atoms with E-state index < -0.39 is 24.0 Å². The van der Waals surface area contributed by atoms with Gasteiger partial charge in [0.15, 0.2) is 0 Å². The van der Waals surface area contributed by atoms with Crippen LogP contribution in [-0.4, -0.2) is 22.6 Å². The summed E-state index contributed by atoms with van der Waals surface area (Å²) in [6.07, 6.45) is 9.61. The third-order valence-corrected chi connectivity index (χ3v) is 2.18. The second kappa shape index (κ2) is 7.07. The van der Waals surface area contributed by atoms with Crippen LogP contribution in [0.4, 0.5) is 0 Å².